The molecular formula is C15H15NO4. The van der Waals surface area contributed by atoms with Gasteiger partial charge in [-0.05, 0) is 30.0 Å². The molecule has 1 aromatic rings. The summed E-state index contributed by atoms with van der Waals surface area (Å²) >= 11 is 0. The van der Waals surface area contributed by atoms with Gasteiger partial charge in [-0.15, -0.1) is 0 Å². The number of hydrogen-bond acceptors (Lipinski definition) is 5. The molecule has 0 spiro atoms. The molecule has 104 valence electrons. The molecule has 3 rings (SSSR count). The number of carbonyl (C=O) groups excluding carboxylic acids is 1. The van der Waals surface area contributed by atoms with E-state index in [2.05, 4.69) is 6.07 Å². The molecule has 5 heteroatoms. The number of nitrogens with zero attached hydrogens (tertiary/aromatic N) is 1. The summed E-state index contributed by atoms with van der Waals surface area (Å²) in [6.07, 6.45) is 0.375. The fourth-order valence-electron chi connectivity index (χ4n) is 2.62. The van der Waals surface area contributed by atoms with Gasteiger partial charge in [-0.2, -0.15) is 5.26 Å². The number of nitriles is 1. The van der Waals surface area contributed by atoms with E-state index in [1.54, 1.807) is 18.2 Å². The van der Waals surface area contributed by atoms with Crippen LogP contribution in [0.25, 0.3) is 0 Å². The highest BCUT2D eigenvalue weighted by Gasteiger charge is 2.36. The van der Waals surface area contributed by atoms with Crippen molar-refractivity contribution in [3.63, 3.8) is 0 Å². The predicted octanol–water partition coefficient (Wildman–Crippen LogP) is 2.02. The van der Waals surface area contributed by atoms with E-state index in [1.165, 1.54) is 0 Å². The number of benzene rings is 1. The average molecular weight is 273 g/mol. The molecule has 0 radical (unpaired) electrons. The lowest BCUT2D eigenvalue weighted by molar-refractivity contribution is -0.129. The Labute approximate surface area is 117 Å². The number of hydrogen-bond donors (Lipinski definition) is 0. The summed E-state index contributed by atoms with van der Waals surface area (Å²) in [5, 5.41) is 9.35. The first-order valence-corrected chi connectivity index (χ1v) is 6.65. The molecule has 0 N–H and O–H groups in total. The van der Waals surface area contributed by atoms with E-state index in [4.69, 9.17) is 14.2 Å². The molecule has 0 bridgehead atoms. The Morgan fingerprint density at radius 2 is 2.20 bits per heavy atom. The molecule has 2 heterocycles. The number of carbonyl (C=O) groups is 1. The normalized spacial score (nSPS) is 25.2. The first-order chi connectivity index (χ1) is 9.70. The molecule has 1 aromatic carbocycles. The van der Waals surface area contributed by atoms with Crippen molar-refractivity contribution in [1.82, 2.24) is 0 Å². The maximum atomic E-state index is 12.5. The van der Waals surface area contributed by atoms with Crippen LogP contribution >= 0.6 is 0 Å². The number of ketones is 1. The van der Waals surface area contributed by atoms with Crippen molar-refractivity contribution >= 4 is 5.78 Å². The van der Waals surface area contributed by atoms with Crippen LogP contribution in [0.15, 0.2) is 18.2 Å². The molecule has 5 nitrogen and oxygen atoms in total. The summed E-state index contributed by atoms with van der Waals surface area (Å²) < 4.78 is 16.0. The molecular weight excluding hydrogens is 258 g/mol. The minimum absolute atomic E-state index is 0.160. The lowest BCUT2D eigenvalue weighted by Crippen LogP contribution is -2.29. The van der Waals surface area contributed by atoms with Crippen LogP contribution in [0.2, 0.25) is 0 Å². The largest absolute Gasteiger partial charge is 0.454 e. The van der Waals surface area contributed by atoms with Crippen LogP contribution in [0.5, 0.6) is 11.5 Å². The van der Waals surface area contributed by atoms with Crippen molar-refractivity contribution in [1.29, 1.82) is 5.26 Å². The molecule has 2 aliphatic heterocycles. The van der Waals surface area contributed by atoms with Gasteiger partial charge in [0, 0.05) is 6.61 Å². The third-order valence-corrected chi connectivity index (χ3v) is 3.81. The highest BCUT2D eigenvalue weighted by molar-refractivity contribution is 5.92. The fraction of sp³-hybridized carbons (Fsp3) is 0.467. The second-order valence-electron chi connectivity index (χ2n) is 5.13. The standard InChI is InChI=1S/C15H15NO4/c1-9-4-5-18-15(9)14(17)11(7-16)10-2-3-12-13(6-10)20-8-19-12/h2-3,6,9,11,15H,4-5,8H2,1H3. The molecule has 3 atom stereocenters. The summed E-state index contributed by atoms with van der Waals surface area (Å²) in [5.41, 5.74) is 0.629. The van der Waals surface area contributed by atoms with Crippen molar-refractivity contribution in [2.45, 2.75) is 25.4 Å². The van der Waals surface area contributed by atoms with Gasteiger partial charge in [0.1, 0.15) is 12.0 Å². The van der Waals surface area contributed by atoms with E-state index < -0.39 is 12.0 Å². The van der Waals surface area contributed by atoms with E-state index in [9.17, 15) is 10.1 Å². The molecule has 0 aliphatic carbocycles. The topological polar surface area (TPSA) is 68.6 Å². The van der Waals surface area contributed by atoms with Gasteiger partial charge in [0.2, 0.25) is 6.79 Å². The van der Waals surface area contributed by atoms with Crippen LogP contribution in [-0.2, 0) is 9.53 Å². The quantitative estimate of drug-likeness (QED) is 0.842. The number of fused-ring (bicyclic) bond motifs is 1. The lowest BCUT2D eigenvalue weighted by atomic mass is 9.88. The Hall–Kier alpha value is -2.06. The van der Waals surface area contributed by atoms with Crippen molar-refractivity contribution in [3.8, 4) is 17.6 Å². The molecule has 0 saturated carbocycles. The molecule has 3 unspecified atom stereocenters. The third-order valence-electron chi connectivity index (χ3n) is 3.81. The minimum Gasteiger partial charge on any atom is -0.454 e. The van der Waals surface area contributed by atoms with Gasteiger partial charge in [0.25, 0.3) is 0 Å². The van der Waals surface area contributed by atoms with E-state index in [1.807, 2.05) is 6.92 Å². The third kappa shape index (κ3) is 2.12. The first-order valence-electron chi connectivity index (χ1n) is 6.65. The highest BCUT2D eigenvalue weighted by Crippen LogP contribution is 2.36. The maximum absolute atomic E-state index is 12.5. The van der Waals surface area contributed by atoms with Gasteiger partial charge < -0.3 is 14.2 Å². The number of Topliss-reactive ketones (excluding diaryl/α,β-unsaturated/α-hetero) is 1. The Bertz CT molecular complexity index is 578. The van der Waals surface area contributed by atoms with Crippen LogP contribution in [0.1, 0.15) is 24.8 Å². The maximum Gasteiger partial charge on any atom is 0.231 e. The molecule has 20 heavy (non-hydrogen) atoms. The van der Waals surface area contributed by atoms with Gasteiger partial charge in [0.05, 0.1) is 6.07 Å². The Balaban J connectivity index is 1.86. The van der Waals surface area contributed by atoms with E-state index >= 15 is 0 Å². The zero-order valence-corrected chi connectivity index (χ0v) is 11.2. The molecule has 1 saturated heterocycles. The van der Waals surface area contributed by atoms with Crippen LogP contribution in [0.4, 0.5) is 0 Å². The summed E-state index contributed by atoms with van der Waals surface area (Å²) in [6, 6.07) is 7.25. The summed E-state index contributed by atoms with van der Waals surface area (Å²) in [5.74, 6) is 0.387. The van der Waals surface area contributed by atoms with Crippen LogP contribution in [-0.4, -0.2) is 25.3 Å². The average Bonchev–Trinajstić information content (AvgIpc) is 3.07. The molecule has 0 aromatic heterocycles. The van der Waals surface area contributed by atoms with Gasteiger partial charge in [0.15, 0.2) is 17.3 Å². The first kappa shape index (κ1) is 12.9. The monoisotopic (exact) mass is 273 g/mol. The number of rotatable bonds is 3. The highest BCUT2D eigenvalue weighted by atomic mass is 16.7. The Kier molecular flexibility index (Phi) is 3.33. The summed E-state index contributed by atoms with van der Waals surface area (Å²) in [6.45, 7) is 2.73. The zero-order chi connectivity index (χ0) is 14.1. The van der Waals surface area contributed by atoms with Crippen LogP contribution in [0.3, 0.4) is 0 Å². The molecule has 2 aliphatic rings. The van der Waals surface area contributed by atoms with E-state index in [-0.39, 0.29) is 18.5 Å². The van der Waals surface area contributed by atoms with Gasteiger partial charge >= 0.3 is 0 Å². The van der Waals surface area contributed by atoms with Crippen LogP contribution < -0.4 is 9.47 Å². The van der Waals surface area contributed by atoms with Gasteiger partial charge in [-0.25, -0.2) is 0 Å². The smallest absolute Gasteiger partial charge is 0.231 e. The summed E-state index contributed by atoms with van der Waals surface area (Å²) in [7, 11) is 0. The van der Waals surface area contributed by atoms with Crippen molar-refractivity contribution in [2.75, 3.05) is 13.4 Å². The molecule has 0 amide bonds. The SMILES string of the molecule is CC1CCOC1C(=O)C(C#N)c1ccc2c(c1)OCO2. The Morgan fingerprint density at radius 1 is 1.40 bits per heavy atom. The van der Waals surface area contributed by atoms with Gasteiger partial charge in [-0.3, -0.25) is 4.79 Å². The lowest BCUT2D eigenvalue weighted by Gasteiger charge is -2.17. The number of ether oxygens (including phenoxy) is 3. The van der Waals surface area contributed by atoms with Crippen molar-refractivity contribution in [2.24, 2.45) is 5.92 Å². The van der Waals surface area contributed by atoms with E-state index in [0.717, 1.165) is 6.42 Å². The fourth-order valence-corrected chi connectivity index (χ4v) is 2.62. The second-order valence-corrected chi connectivity index (χ2v) is 5.13. The van der Waals surface area contributed by atoms with Crippen molar-refractivity contribution < 1.29 is 19.0 Å². The minimum atomic E-state index is -0.824. The predicted molar refractivity (Wildman–Crippen MR) is 69.4 cm³/mol. The second kappa shape index (κ2) is 5.14. The Morgan fingerprint density at radius 3 is 2.90 bits per heavy atom. The van der Waals surface area contributed by atoms with Crippen LogP contribution in [0, 0.1) is 17.2 Å². The molecule has 1 fully saturated rings. The van der Waals surface area contributed by atoms with Gasteiger partial charge in [-0.1, -0.05) is 13.0 Å². The summed E-state index contributed by atoms with van der Waals surface area (Å²) in [4.78, 5) is 12.5. The zero-order valence-electron chi connectivity index (χ0n) is 11.2. The van der Waals surface area contributed by atoms with E-state index in [0.29, 0.717) is 23.7 Å². The van der Waals surface area contributed by atoms with Crippen molar-refractivity contribution in [3.05, 3.63) is 23.8 Å².